The van der Waals surface area contributed by atoms with E-state index in [4.69, 9.17) is 4.74 Å². The Morgan fingerprint density at radius 3 is 2.63 bits per heavy atom. The highest BCUT2D eigenvalue weighted by Crippen LogP contribution is 2.29. The van der Waals surface area contributed by atoms with Crippen LogP contribution in [0.5, 0.6) is 0 Å². The van der Waals surface area contributed by atoms with Crippen molar-refractivity contribution in [1.82, 2.24) is 4.98 Å². The number of nitrogens with zero attached hydrogens (tertiary/aromatic N) is 1. The number of Topliss-reactive ketones (excluding diaryl/α,β-unsaturated/α-hetero) is 1. The number of aromatic nitrogens is 1. The second kappa shape index (κ2) is 7.39. The molecule has 3 heteroatoms. The lowest BCUT2D eigenvalue weighted by Crippen LogP contribution is -2.35. The fourth-order valence-corrected chi connectivity index (χ4v) is 2.91. The second-order valence-corrected chi connectivity index (χ2v) is 5.27. The molecule has 1 saturated carbocycles. The summed E-state index contributed by atoms with van der Waals surface area (Å²) in [6, 6.07) is 3.81. The minimum atomic E-state index is -0.210. The van der Waals surface area contributed by atoms with Gasteiger partial charge in [-0.15, -0.1) is 0 Å². The molecule has 0 aromatic carbocycles. The summed E-state index contributed by atoms with van der Waals surface area (Å²) < 4.78 is 5.75. The summed E-state index contributed by atoms with van der Waals surface area (Å²) >= 11 is 0. The molecule has 3 nitrogen and oxygen atoms in total. The predicted molar refractivity (Wildman–Crippen MR) is 74.9 cm³/mol. The summed E-state index contributed by atoms with van der Waals surface area (Å²) in [5.41, 5.74) is 1.03. The minimum Gasteiger partial charge on any atom is -0.370 e. The number of carbonyl (C=O) groups excluding carboxylic acids is 1. The molecule has 0 amide bonds. The van der Waals surface area contributed by atoms with E-state index >= 15 is 0 Å². The Morgan fingerprint density at radius 1 is 1.32 bits per heavy atom. The van der Waals surface area contributed by atoms with Crippen LogP contribution >= 0.6 is 0 Å². The van der Waals surface area contributed by atoms with Gasteiger partial charge < -0.3 is 4.74 Å². The van der Waals surface area contributed by atoms with Crippen molar-refractivity contribution in [2.75, 3.05) is 6.61 Å². The van der Waals surface area contributed by atoms with E-state index in [2.05, 4.69) is 4.98 Å². The monoisotopic (exact) mass is 261 g/mol. The summed E-state index contributed by atoms with van der Waals surface area (Å²) in [6.45, 7) is 2.58. The summed E-state index contributed by atoms with van der Waals surface area (Å²) in [5, 5.41) is 0. The van der Waals surface area contributed by atoms with Crippen LogP contribution in [0.15, 0.2) is 24.5 Å². The number of hydrogen-bond donors (Lipinski definition) is 0. The number of carbonyl (C=O) groups is 1. The third-order valence-corrected chi connectivity index (χ3v) is 3.87. The first-order valence-electron chi connectivity index (χ1n) is 7.34. The van der Waals surface area contributed by atoms with Crippen molar-refractivity contribution in [3.05, 3.63) is 30.1 Å². The van der Waals surface area contributed by atoms with E-state index in [9.17, 15) is 4.79 Å². The van der Waals surface area contributed by atoms with Gasteiger partial charge in [0, 0.05) is 25.4 Å². The van der Waals surface area contributed by atoms with Gasteiger partial charge in [0.1, 0.15) is 6.10 Å². The smallest absolute Gasteiger partial charge is 0.166 e. The van der Waals surface area contributed by atoms with Crippen LogP contribution in [0.3, 0.4) is 0 Å². The summed E-state index contributed by atoms with van der Waals surface area (Å²) in [7, 11) is 0. The first-order chi connectivity index (χ1) is 9.31. The molecule has 19 heavy (non-hydrogen) atoms. The molecule has 1 atom stereocenters. The van der Waals surface area contributed by atoms with Crippen LogP contribution in [0.4, 0.5) is 0 Å². The molecule has 0 spiro atoms. The number of pyridine rings is 1. The highest BCUT2D eigenvalue weighted by molar-refractivity contribution is 5.85. The summed E-state index contributed by atoms with van der Waals surface area (Å²) in [6.07, 6.45) is 9.75. The Bertz CT molecular complexity index is 385. The van der Waals surface area contributed by atoms with Crippen molar-refractivity contribution < 1.29 is 9.53 Å². The molecule has 0 aliphatic heterocycles. The quantitative estimate of drug-likeness (QED) is 0.789. The van der Waals surface area contributed by atoms with Gasteiger partial charge in [-0.2, -0.15) is 0 Å². The molecule has 1 aromatic rings. The minimum absolute atomic E-state index is 0.210. The standard InChI is InChI=1S/C16H23NO2/c1-2-19-16(14-6-4-3-5-7-14)15(18)12-13-8-10-17-11-9-13/h8-11,14,16H,2-7,12H2,1H3. The van der Waals surface area contributed by atoms with Crippen LogP contribution in [0.2, 0.25) is 0 Å². The van der Waals surface area contributed by atoms with Gasteiger partial charge in [0.25, 0.3) is 0 Å². The first-order valence-corrected chi connectivity index (χ1v) is 7.34. The SMILES string of the molecule is CCOC(C(=O)Cc1ccncc1)C1CCCCC1. The maximum atomic E-state index is 12.5. The lowest BCUT2D eigenvalue weighted by Gasteiger charge is -2.29. The van der Waals surface area contributed by atoms with E-state index in [-0.39, 0.29) is 11.9 Å². The normalized spacial score (nSPS) is 18.2. The third-order valence-electron chi connectivity index (χ3n) is 3.87. The average Bonchev–Trinajstić information content (AvgIpc) is 2.46. The molecule has 1 aliphatic rings. The molecule has 0 saturated heterocycles. The van der Waals surface area contributed by atoms with Crippen LogP contribution in [-0.2, 0) is 16.0 Å². The molecular formula is C16H23NO2. The van der Waals surface area contributed by atoms with Crippen molar-refractivity contribution in [2.24, 2.45) is 5.92 Å². The van der Waals surface area contributed by atoms with Crippen molar-refractivity contribution >= 4 is 5.78 Å². The van der Waals surface area contributed by atoms with Crippen LogP contribution in [0, 0.1) is 5.92 Å². The van der Waals surface area contributed by atoms with Gasteiger partial charge >= 0.3 is 0 Å². The number of ether oxygens (including phenoxy) is 1. The van der Waals surface area contributed by atoms with Gasteiger partial charge in [-0.05, 0) is 43.4 Å². The molecule has 1 fully saturated rings. The van der Waals surface area contributed by atoms with Crippen molar-refractivity contribution in [2.45, 2.75) is 51.6 Å². The van der Waals surface area contributed by atoms with Gasteiger partial charge in [-0.1, -0.05) is 19.3 Å². The van der Waals surface area contributed by atoms with E-state index in [1.165, 1.54) is 19.3 Å². The molecule has 1 aliphatic carbocycles. The van der Waals surface area contributed by atoms with E-state index < -0.39 is 0 Å². The number of ketones is 1. The lowest BCUT2D eigenvalue weighted by molar-refractivity contribution is -0.134. The second-order valence-electron chi connectivity index (χ2n) is 5.27. The van der Waals surface area contributed by atoms with Crippen LogP contribution in [0.1, 0.15) is 44.6 Å². The topological polar surface area (TPSA) is 39.2 Å². The van der Waals surface area contributed by atoms with E-state index in [0.717, 1.165) is 18.4 Å². The van der Waals surface area contributed by atoms with E-state index in [0.29, 0.717) is 18.9 Å². The van der Waals surface area contributed by atoms with Crippen molar-refractivity contribution in [3.63, 3.8) is 0 Å². The predicted octanol–water partition coefficient (Wildman–Crippen LogP) is 3.18. The molecule has 104 valence electrons. The zero-order valence-electron chi connectivity index (χ0n) is 11.7. The van der Waals surface area contributed by atoms with E-state index in [1.807, 2.05) is 19.1 Å². The fraction of sp³-hybridized carbons (Fsp3) is 0.625. The van der Waals surface area contributed by atoms with Crippen molar-refractivity contribution in [1.29, 1.82) is 0 Å². The van der Waals surface area contributed by atoms with Gasteiger partial charge in [-0.3, -0.25) is 9.78 Å². The van der Waals surface area contributed by atoms with Gasteiger partial charge in [0.05, 0.1) is 0 Å². The van der Waals surface area contributed by atoms with Crippen molar-refractivity contribution in [3.8, 4) is 0 Å². The molecule has 0 radical (unpaired) electrons. The zero-order chi connectivity index (χ0) is 13.5. The summed E-state index contributed by atoms with van der Waals surface area (Å²) in [5.74, 6) is 0.642. The molecule has 1 heterocycles. The molecular weight excluding hydrogens is 238 g/mol. The van der Waals surface area contributed by atoms with E-state index in [1.54, 1.807) is 12.4 Å². The molecule has 0 bridgehead atoms. The fourth-order valence-electron chi connectivity index (χ4n) is 2.91. The van der Waals surface area contributed by atoms with Crippen LogP contribution in [0.25, 0.3) is 0 Å². The Hall–Kier alpha value is -1.22. The molecule has 2 rings (SSSR count). The maximum Gasteiger partial charge on any atom is 0.166 e. The van der Waals surface area contributed by atoms with Gasteiger partial charge in [0.2, 0.25) is 0 Å². The number of hydrogen-bond acceptors (Lipinski definition) is 3. The Morgan fingerprint density at radius 2 is 2.00 bits per heavy atom. The maximum absolute atomic E-state index is 12.5. The number of rotatable bonds is 6. The van der Waals surface area contributed by atoms with Crippen LogP contribution in [-0.4, -0.2) is 23.5 Å². The van der Waals surface area contributed by atoms with Gasteiger partial charge in [0.15, 0.2) is 5.78 Å². The Labute approximate surface area is 115 Å². The first kappa shape index (κ1) is 14.2. The highest BCUT2D eigenvalue weighted by atomic mass is 16.5. The molecule has 0 N–H and O–H groups in total. The molecule has 1 unspecified atom stereocenters. The average molecular weight is 261 g/mol. The van der Waals surface area contributed by atoms with Gasteiger partial charge in [-0.25, -0.2) is 0 Å². The lowest BCUT2D eigenvalue weighted by atomic mass is 9.82. The molecule has 1 aromatic heterocycles. The zero-order valence-corrected chi connectivity index (χ0v) is 11.7. The third kappa shape index (κ3) is 4.13. The van der Waals surface area contributed by atoms with Crippen LogP contribution < -0.4 is 0 Å². The summed E-state index contributed by atoms with van der Waals surface area (Å²) in [4.78, 5) is 16.4. The Kier molecular flexibility index (Phi) is 5.52. The largest absolute Gasteiger partial charge is 0.370 e. The highest BCUT2D eigenvalue weighted by Gasteiger charge is 2.29. The Balaban J connectivity index is 1.99.